The van der Waals surface area contributed by atoms with Gasteiger partial charge in [0, 0.05) is 28.4 Å². The highest BCUT2D eigenvalue weighted by molar-refractivity contribution is 7.99. The van der Waals surface area contributed by atoms with E-state index in [4.69, 9.17) is 0 Å². The van der Waals surface area contributed by atoms with Crippen molar-refractivity contribution in [1.29, 1.82) is 0 Å². The maximum atomic E-state index is 13.1. The molecule has 0 spiro atoms. The van der Waals surface area contributed by atoms with Gasteiger partial charge < -0.3 is 10.1 Å². The van der Waals surface area contributed by atoms with E-state index in [2.05, 4.69) is 15.1 Å². The van der Waals surface area contributed by atoms with Crippen molar-refractivity contribution in [3.05, 3.63) is 72.2 Å². The van der Waals surface area contributed by atoms with Crippen molar-refractivity contribution in [3.63, 3.8) is 0 Å². The Kier molecular flexibility index (Phi) is 4.29. The molecule has 30 heavy (non-hydrogen) atoms. The fraction of sp³-hybridized carbons (Fsp3) is 0.0455. The summed E-state index contributed by atoms with van der Waals surface area (Å²) in [5.41, 5.74) is 3.65. The first-order valence-corrected chi connectivity index (χ1v) is 9.93. The molecule has 8 heteroatoms. The van der Waals surface area contributed by atoms with Crippen molar-refractivity contribution in [2.45, 2.75) is 9.79 Å². The normalized spacial score (nSPS) is 11.4. The first kappa shape index (κ1) is 18.4. The van der Waals surface area contributed by atoms with Crippen molar-refractivity contribution in [3.8, 4) is 11.4 Å². The number of benzene rings is 2. The Morgan fingerprint density at radius 2 is 1.83 bits per heavy atom. The predicted molar refractivity (Wildman–Crippen MR) is 113 cm³/mol. The van der Waals surface area contributed by atoms with Gasteiger partial charge >= 0.3 is 5.97 Å². The Balaban J connectivity index is 1.58. The standard InChI is InChI=1S/C22H15FN4O2S/c1-27-21(19-11-18-20(25-19)16(22(28)29)8-9-24-18)15-7-6-14(10-17(15)26-27)30-13-4-2-12(23)3-5-13/h2-11,25H,1H3,(H,28,29). The molecule has 0 amide bonds. The molecule has 0 aliphatic rings. The lowest BCUT2D eigenvalue weighted by atomic mass is 10.1. The van der Waals surface area contributed by atoms with Crippen LogP contribution in [0.3, 0.4) is 0 Å². The number of nitrogens with zero attached hydrogens (tertiary/aromatic N) is 3. The Hall–Kier alpha value is -3.65. The molecule has 0 saturated carbocycles. The number of aromatic nitrogens is 4. The van der Waals surface area contributed by atoms with Crippen molar-refractivity contribution >= 4 is 39.7 Å². The molecule has 0 unspecified atom stereocenters. The van der Waals surface area contributed by atoms with Crippen LogP contribution in [0.2, 0.25) is 0 Å². The van der Waals surface area contributed by atoms with Crippen LogP contribution in [0.15, 0.2) is 70.6 Å². The first-order chi connectivity index (χ1) is 14.5. The molecule has 0 bridgehead atoms. The zero-order valence-electron chi connectivity index (χ0n) is 15.8. The zero-order chi connectivity index (χ0) is 20.8. The second kappa shape index (κ2) is 7.00. The summed E-state index contributed by atoms with van der Waals surface area (Å²) >= 11 is 1.53. The third-order valence-electron chi connectivity index (χ3n) is 4.86. The van der Waals surface area contributed by atoms with Gasteiger partial charge in [0.25, 0.3) is 0 Å². The highest BCUT2D eigenvalue weighted by atomic mass is 32.2. The number of carboxylic acids is 1. The summed E-state index contributed by atoms with van der Waals surface area (Å²) in [4.78, 5) is 20.9. The summed E-state index contributed by atoms with van der Waals surface area (Å²) in [5, 5.41) is 15.0. The van der Waals surface area contributed by atoms with E-state index in [9.17, 15) is 14.3 Å². The van der Waals surface area contributed by atoms with Gasteiger partial charge in [-0.25, -0.2) is 9.18 Å². The van der Waals surface area contributed by atoms with E-state index in [0.29, 0.717) is 11.0 Å². The lowest BCUT2D eigenvalue weighted by Crippen LogP contribution is -1.98. The zero-order valence-corrected chi connectivity index (χ0v) is 16.6. The van der Waals surface area contributed by atoms with E-state index < -0.39 is 5.97 Å². The van der Waals surface area contributed by atoms with Gasteiger partial charge in [0.1, 0.15) is 5.82 Å². The van der Waals surface area contributed by atoms with Gasteiger partial charge in [0.15, 0.2) is 0 Å². The van der Waals surface area contributed by atoms with Crippen LogP contribution in [-0.4, -0.2) is 30.8 Å². The molecular weight excluding hydrogens is 403 g/mol. The Bertz CT molecular complexity index is 1420. The van der Waals surface area contributed by atoms with Crippen LogP contribution in [0.1, 0.15) is 10.4 Å². The van der Waals surface area contributed by atoms with Gasteiger partial charge in [-0.05, 0) is 54.6 Å². The monoisotopic (exact) mass is 418 g/mol. The number of hydrogen-bond acceptors (Lipinski definition) is 4. The Morgan fingerprint density at radius 1 is 1.07 bits per heavy atom. The Labute approximate surface area is 174 Å². The number of nitrogens with one attached hydrogen (secondary N) is 1. The van der Waals surface area contributed by atoms with Gasteiger partial charge in [-0.2, -0.15) is 5.10 Å². The minimum Gasteiger partial charge on any atom is -0.478 e. The summed E-state index contributed by atoms with van der Waals surface area (Å²) in [6, 6.07) is 15.6. The molecule has 5 aromatic rings. The topological polar surface area (TPSA) is 83.8 Å². The lowest BCUT2D eigenvalue weighted by Gasteiger charge is -2.02. The molecule has 0 saturated heterocycles. The largest absolute Gasteiger partial charge is 0.478 e. The van der Waals surface area contributed by atoms with Crippen LogP contribution in [0, 0.1) is 5.82 Å². The number of pyridine rings is 1. The third kappa shape index (κ3) is 3.11. The van der Waals surface area contributed by atoms with Crippen molar-refractivity contribution < 1.29 is 14.3 Å². The van der Waals surface area contributed by atoms with Crippen LogP contribution in [0.5, 0.6) is 0 Å². The smallest absolute Gasteiger partial charge is 0.337 e. The molecule has 2 N–H and O–H groups in total. The lowest BCUT2D eigenvalue weighted by molar-refractivity contribution is 0.0698. The van der Waals surface area contributed by atoms with Crippen LogP contribution < -0.4 is 0 Å². The van der Waals surface area contributed by atoms with E-state index in [1.165, 1.54) is 36.2 Å². The van der Waals surface area contributed by atoms with E-state index >= 15 is 0 Å². The second-order valence-electron chi connectivity index (χ2n) is 6.81. The first-order valence-electron chi connectivity index (χ1n) is 9.11. The van der Waals surface area contributed by atoms with Crippen LogP contribution >= 0.6 is 11.8 Å². The number of fused-ring (bicyclic) bond motifs is 2. The molecule has 0 fully saturated rings. The summed E-state index contributed by atoms with van der Waals surface area (Å²) in [6.45, 7) is 0. The van der Waals surface area contributed by atoms with E-state index in [1.54, 1.807) is 16.8 Å². The van der Waals surface area contributed by atoms with E-state index in [1.807, 2.05) is 31.3 Å². The number of aromatic amines is 1. The third-order valence-corrected chi connectivity index (χ3v) is 5.86. The highest BCUT2D eigenvalue weighted by Crippen LogP contribution is 2.34. The predicted octanol–water partition coefficient (Wildman–Crippen LogP) is 5.11. The molecule has 0 radical (unpaired) electrons. The quantitative estimate of drug-likeness (QED) is 0.424. The number of carbonyl (C=O) groups is 1. The number of aryl methyl sites for hydroxylation is 1. The van der Waals surface area contributed by atoms with E-state index in [0.717, 1.165) is 32.1 Å². The molecule has 148 valence electrons. The van der Waals surface area contributed by atoms with Crippen molar-refractivity contribution in [1.82, 2.24) is 19.7 Å². The number of rotatable bonds is 4. The molecule has 3 heterocycles. The van der Waals surface area contributed by atoms with Crippen LogP contribution in [0.25, 0.3) is 33.3 Å². The fourth-order valence-electron chi connectivity index (χ4n) is 3.53. The summed E-state index contributed by atoms with van der Waals surface area (Å²) in [6.07, 6.45) is 1.49. The molecule has 5 rings (SSSR count). The minimum atomic E-state index is -1.01. The summed E-state index contributed by atoms with van der Waals surface area (Å²) < 4.78 is 14.9. The van der Waals surface area contributed by atoms with Crippen molar-refractivity contribution in [2.24, 2.45) is 7.05 Å². The van der Waals surface area contributed by atoms with Gasteiger partial charge in [-0.15, -0.1) is 0 Å². The molecular formula is C22H15FN4O2S. The maximum absolute atomic E-state index is 13.1. The number of halogens is 1. The fourth-order valence-corrected chi connectivity index (χ4v) is 4.38. The van der Waals surface area contributed by atoms with Gasteiger partial charge in [-0.3, -0.25) is 9.67 Å². The molecule has 3 aromatic heterocycles. The highest BCUT2D eigenvalue weighted by Gasteiger charge is 2.17. The number of hydrogen-bond donors (Lipinski definition) is 2. The van der Waals surface area contributed by atoms with Crippen LogP contribution in [-0.2, 0) is 7.05 Å². The Morgan fingerprint density at radius 3 is 2.60 bits per heavy atom. The molecule has 0 aliphatic heterocycles. The second-order valence-corrected chi connectivity index (χ2v) is 7.96. The number of aromatic carboxylic acids is 1. The molecule has 0 aliphatic carbocycles. The molecule has 0 atom stereocenters. The van der Waals surface area contributed by atoms with E-state index in [-0.39, 0.29) is 11.4 Å². The van der Waals surface area contributed by atoms with Gasteiger partial charge in [0.05, 0.1) is 33.5 Å². The minimum absolute atomic E-state index is 0.177. The van der Waals surface area contributed by atoms with Gasteiger partial charge in [0.2, 0.25) is 0 Å². The maximum Gasteiger partial charge on any atom is 0.337 e. The van der Waals surface area contributed by atoms with Crippen LogP contribution in [0.4, 0.5) is 4.39 Å². The number of carboxylic acid groups (broad SMARTS) is 1. The molecule has 2 aromatic carbocycles. The summed E-state index contributed by atoms with van der Waals surface area (Å²) in [5.74, 6) is -1.27. The SMILES string of the molecule is Cn1nc2cc(Sc3ccc(F)cc3)ccc2c1-c1cc2nccc(C(=O)O)c2[nH]1. The molecule has 6 nitrogen and oxygen atoms in total. The summed E-state index contributed by atoms with van der Waals surface area (Å²) in [7, 11) is 1.85. The van der Waals surface area contributed by atoms with Gasteiger partial charge in [-0.1, -0.05) is 11.8 Å². The average molecular weight is 418 g/mol. The van der Waals surface area contributed by atoms with Crippen molar-refractivity contribution in [2.75, 3.05) is 0 Å². The average Bonchev–Trinajstić information content (AvgIpc) is 3.28. The number of H-pyrrole nitrogens is 1.